The monoisotopic (exact) mass is 289 g/mol. The molecule has 6 nitrogen and oxygen atoms in total. The molecule has 1 amide bonds. The highest BCUT2D eigenvalue weighted by atomic mass is 16.4. The molecule has 2 N–H and O–H groups in total. The number of hydrogen-bond acceptors (Lipinski definition) is 4. The van der Waals surface area contributed by atoms with Gasteiger partial charge >= 0.3 is 6.09 Å². The maximum atomic E-state index is 11.3. The Morgan fingerprint density at radius 3 is 2.43 bits per heavy atom. The van der Waals surface area contributed by atoms with E-state index in [1.807, 2.05) is 12.1 Å². The number of rotatable bonds is 3. The van der Waals surface area contributed by atoms with Gasteiger partial charge in [-0.1, -0.05) is 0 Å². The van der Waals surface area contributed by atoms with Crippen LogP contribution in [-0.4, -0.2) is 40.1 Å². The lowest BCUT2D eigenvalue weighted by atomic mass is 9.97. The number of aromatic nitrogens is 1. The SMILES string of the molecule is CC(=O)c1ccc(N2[C@@H]3CC[C@H]2C[C@@H](NC(=O)O)C3)nc1. The summed E-state index contributed by atoms with van der Waals surface area (Å²) >= 11 is 0. The van der Waals surface area contributed by atoms with Gasteiger partial charge in [0.15, 0.2) is 5.78 Å². The first-order valence-electron chi connectivity index (χ1n) is 7.29. The lowest BCUT2D eigenvalue weighted by Gasteiger charge is -2.39. The second kappa shape index (κ2) is 5.35. The Hall–Kier alpha value is -2.11. The van der Waals surface area contributed by atoms with E-state index in [0.717, 1.165) is 31.5 Å². The fraction of sp³-hybridized carbons (Fsp3) is 0.533. The molecule has 3 heterocycles. The molecule has 0 radical (unpaired) electrons. The van der Waals surface area contributed by atoms with Crippen LogP contribution in [0, 0.1) is 0 Å². The Bertz CT molecular complexity index is 544. The van der Waals surface area contributed by atoms with Gasteiger partial charge in [-0.15, -0.1) is 0 Å². The zero-order chi connectivity index (χ0) is 15.0. The molecule has 21 heavy (non-hydrogen) atoms. The number of carbonyl (C=O) groups is 2. The highest BCUT2D eigenvalue weighted by Gasteiger charge is 2.41. The molecule has 3 rings (SSSR count). The number of amides is 1. The third-order valence-corrected chi connectivity index (χ3v) is 4.48. The molecule has 2 aliphatic rings. The van der Waals surface area contributed by atoms with Gasteiger partial charge in [0.25, 0.3) is 0 Å². The van der Waals surface area contributed by atoms with Gasteiger partial charge < -0.3 is 15.3 Å². The number of hydrogen-bond donors (Lipinski definition) is 2. The van der Waals surface area contributed by atoms with Crippen molar-refractivity contribution in [3.63, 3.8) is 0 Å². The van der Waals surface area contributed by atoms with Crippen LogP contribution in [0.5, 0.6) is 0 Å². The number of nitrogens with zero attached hydrogens (tertiary/aromatic N) is 2. The third-order valence-electron chi connectivity index (χ3n) is 4.48. The van der Waals surface area contributed by atoms with Gasteiger partial charge in [-0.05, 0) is 44.7 Å². The molecule has 2 bridgehead atoms. The molecular formula is C15H19N3O3. The van der Waals surface area contributed by atoms with Crippen molar-refractivity contribution < 1.29 is 14.7 Å². The number of pyridine rings is 1. The van der Waals surface area contributed by atoms with Gasteiger partial charge in [0.05, 0.1) is 0 Å². The van der Waals surface area contributed by atoms with Crippen molar-refractivity contribution in [3.8, 4) is 0 Å². The summed E-state index contributed by atoms with van der Waals surface area (Å²) in [7, 11) is 0. The summed E-state index contributed by atoms with van der Waals surface area (Å²) in [6, 6.07) is 4.40. The standard InChI is InChI=1S/C15H19N3O3/c1-9(19)10-2-5-14(16-8-10)18-12-3-4-13(18)7-11(6-12)17-15(20)21/h2,5,8,11-13,17H,3-4,6-7H2,1H3,(H,20,21)/t11-,12+,13-. The van der Waals surface area contributed by atoms with Crippen molar-refractivity contribution in [2.45, 2.75) is 50.7 Å². The fourth-order valence-electron chi connectivity index (χ4n) is 3.59. The number of nitrogens with one attached hydrogen (secondary N) is 1. The maximum Gasteiger partial charge on any atom is 0.404 e. The average molecular weight is 289 g/mol. The fourth-order valence-corrected chi connectivity index (χ4v) is 3.59. The number of piperidine rings is 1. The first-order valence-corrected chi connectivity index (χ1v) is 7.29. The van der Waals surface area contributed by atoms with Gasteiger partial charge in [-0.2, -0.15) is 0 Å². The third kappa shape index (κ3) is 2.70. The van der Waals surface area contributed by atoms with Crippen LogP contribution in [-0.2, 0) is 0 Å². The van der Waals surface area contributed by atoms with Crippen LogP contribution >= 0.6 is 0 Å². The Labute approximate surface area is 123 Å². The zero-order valence-electron chi connectivity index (χ0n) is 12.0. The van der Waals surface area contributed by atoms with Crippen LogP contribution in [0.25, 0.3) is 0 Å². The molecule has 1 aromatic rings. The van der Waals surface area contributed by atoms with Gasteiger partial charge in [-0.25, -0.2) is 9.78 Å². The first kappa shape index (κ1) is 13.9. The van der Waals surface area contributed by atoms with Gasteiger partial charge in [-0.3, -0.25) is 4.79 Å². The van der Waals surface area contributed by atoms with Crippen molar-refractivity contribution >= 4 is 17.7 Å². The van der Waals surface area contributed by atoms with E-state index in [2.05, 4.69) is 15.2 Å². The Balaban J connectivity index is 1.75. The molecule has 0 saturated carbocycles. The predicted octanol–water partition coefficient (Wildman–Crippen LogP) is 2.05. The average Bonchev–Trinajstić information content (AvgIpc) is 2.70. The number of anilines is 1. The summed E-state index contributed by atoms with van der Waals surface area (Å²) in [6.07, 6.45) is 4.45. The van der Waals surface area contributed by atoms with Crippen molar-refractivity contribution in [2.75, 3.05) is 4.90 Å². The molecule has 2 saturated heterocycles. The molecular weight excluding hydrogens is 270 g/mol. The van der Waals surface area contributed by atoms with E-state index in [4.69, 9.17) is 5.11 Å². The van der Waals surface area contributed by atoms with Crippen molar-refractivity contribution in [2.24, 2.45) is 0 Å². The van der Waals surface area contributed by atoms with Crippen LogP contribution in [0.3, 0.4) is 0 Å². The lowest BCUT2D eigenvalue weighted by Crippen LogP contribution is -2.50. The highest BCUT2D eigenvalue weighted by molar-refractivity contribution is 5.93. The van der Waals surface area contributed by atoms with Crippen LogP contribution < -0.4 is 10.2 Å². The molecule has 0 spiro atoms. The molecule has 0 unspecified atom stereocenters. The number of ketones is 1. The van der Waals surface area contributed by atoms with Crippen LogP contribution in [0.4, 0.5) is 10.6 Å². The Kier molecular flexibility index (Phi) is 3.53. The van der Waals surface area contributed by atoms with E-state index in [0.29, 0.717) is 17.6 Å². The summed E-state index contributed by atoms with van der Waals surface area (Å²) in [6.45, 7) is 1.53. The summed E-state index contributed by atoms with van der Waals surface area (Å²) in [5, 5.41) is 11.5. The normalized spacial score (nSPS) is 27.5. The highest BCUT2D eigenvalue weighted by Crippen LogP contribution is 2.38. The van der Waals surface area contributed by atoms with E-state index in [1.54, 1.807) is 6.20 Å². The molecule has 3 atom stereocenters. The van der Waals surface area contributed by atoms with Gasteiger partial charge in [0, 0.05) is 29.9 Å². The minimum Gasteiger partial charge on any atom is -0.465 e. The van der Waals surface area contributed by atoms with Crippen molar-refractivity contribution in [1.29, 1.82) is 0 Å². The minimum absolute atomic E-state index is 0.0152. The first-order chi connectivity index (χ1) is 10.0. The molecule has 2 fully saturated rings. The molecule has 0 aliphatic carbocycles. The van der Waals surface area contributed by atoms with Gasteiger partial charge in [0.2, 0.25) is 0 Å². The zero-order valence-corrected chi connectivity index (χ0v) is 12.0. The number of Topliss-reactive ketones (excluding diaryl/α,β-unsaturated/α-hetero) is 1. The molecule has 0 aromatic carbocycles. The van der Waals surface area contributed by atoms with Crippen molar-refractivity contribution in [3.05, 3.63) is 23.9 Å². The molecule has 112 valence electrons. The van der Waals surface area contributed by atoms with Crippen LogP contribution in [0.2, 0.25) is 0 Å². The maximum absolute atomic E-state index is 11.3. The lowest BCUT2D eigenvalue weighted by molar-refractivity contribution is 0.101. The Morgan fingerprint density at radius 1 is 1.29 bits per heavy atom. The van der Waals surface area contributed by atoms with Crippen molar-refractivity contribution in [1.82, 2.24) is 10.3 Å². The summed E-state index contributed by atoms with van der Waals surface area (Å²) in [4.78, 5) is 28.8. The summed E-state index contributed by atoms with van der Waals surface area (Å²) in [5.74, 6) is 0.905. The van der Waals surface area contributed by atoms with E-state index >= 15 is 0 Å². The van der Waals surface area contributed by atoms with E-state index in [-0.39, 0.29) is 11.8 Å². The largest absolute Gasteiger partial charge is 0.465 e. The number of carbonyl (C=O) groups excluding carboxylic acids is 1. The van der Waals surface area contributed by atoms with Crippen LogP contribution in [0.15, 0.2) is 18.3 Å². The molecule has 6 heteroatoms. The molecule has 2 aliphatic heterocycles. The summed E-state index contributed by atoms with van der Waals surface area (Å²) in [5.41, 5.74) is 0.619. The van der Waals surface area contributed by atoms with E-state index in [1.165, 1.54) is 6.92 Å². The smallest absolute Gasteiger partial charge is 0.404 e. The van der Waals surface area contributed by atoms with E-state index in [9.17, 15) is 9.59 Å². The molecule has 1 aromatic heterocycles. The van der Waals surface area contributed by atoms with E-state index < -0.39 is 6.09 Å². The summed E-state index contributed by atoms with van der Waals surface area (Å²) < 4.78 is 0. The second-order valence-electron chi connectivity index (χ2n) is 5.87. The van der Waals surface area contributed by atoms with Crippen LogP contribution in [0.1, 0.15) is 43.0 Å². The predicted molar refractivity (Wildman–Crippen MR) is 77.7 cm³/mol. The topological polar surface area (TPSA) is 82.5 Å². The Morgan fingerprint density at radius 2 is 1.95 bits per heavy atom. The number of fused-ring (bicyclic) bond motifs is 2. The minimum atomic E-state index is -0.947. The van der Waals surface area contributed by atoms with Gasteiger partial charge in [0.1, 0.15) is 5.82 Å². The number of carboxylic acid groups (broad SMARTS) is 1. The quantitative estimate of drug-likeness (QED) is 0.832. The second-order valence-corrected chi connectivity index (χ2v) is 5.87.